The number of benzene rings is 1. The van der Waals surface area contributed by atoms with Crippen molar-refractivity contribution in [2.75, 3.05) is 36.6 Å². The zero-order valence-electron chi connectivity index (χ0n) is 13.9. The highest BCUT2D eigenvalue weighted by molar-refractivity contribution is 7.92. The molecule has 1 aromatic rings. The number of amides is 1. The van der Waals surface area contributed by atoms with Crippen molar-refractivity contribution in [1.82, 2.24) is 0 Å². The van der Waals surface area contributed by atoms with Crippen LogP contribution in [0.4, 0.5) is 11.4 Å². The van der Waals surface area contributed by atoms with Gasteiger partial charge in [0.05, 0.1) is 31.1 Å². The van der Waals surface area contributed by atoms with E-state index in [-0.39, 0.29) is 43.1 Å². The second-order valence-corrected chi connectivity index (χ2v) is 6.78. The van der Waals surface area contributed by atoms with E-state index in [1.54, 1.807) is 6.07 Å². The van der Waals surface area contributed by atoms with Crippen LogP contribution in [-0.2, 0) is 19.6 Å². The van der Waals surface area contributed by atoms with Crippen LogP contribution < -0.4 is 20.5 Å². The highest BCUT2D eigenvalue weighted by Crippen LogP contribution is 2.29. The van der Waals surface area contributed by atoms with Crippen molar-refractivity contribution in [3.05, 3.63) is 18.2 Å². The van der Waals surface area contributed by atoms with Crippen molar-refractivity contribution in [3.8, 4) is 5.75 Å². The van der Waals surface area contributed by atoms with Gasteiger partial charge in [-0.15, -0.1) is 12.4 Å². The third-order valence-electron chi connectivity index (χ3n) is 3.14. The van der Waals surface area contributed by atoms with Crippen LogP contribution in [0.1, 0.15) is 13.3 Å². The van der Waals surface area contributed by atoms with E-state index in [9.17, 15) is 13.2 Å². The predicted molar refractivity (Wildman–Crippen MR) is 96.4 cm³/mol. The lowest BCUT2D eigenvalue weighted by Crippen LogP contribution is -2.28. The van der Waals surface area contributed by atoms with Crippen molar-refractivity contribution < 1.29 is 22.7 Å². The lowest BCUT2D eigenvalue weighted by atomic mass is 10.2. The topological polar surface area (TPSA) is 120 Å². The number of hydrogen-bond acceptors (Lipinski definition) is 6. The Morgan fingerprint density at radius 1 is 1.33 bits per heavy atom. The molecule has 0 spiro atoms. The van der Waals surface area contributed by atoms with Gasteiger partial charge < -0.3 is 20.5 Å². The first kappa shape index (κ1) is 22.4. The Hall–Kier alpha value is -1.55. The number of carbonyl (C=O) groups excluding carboxylic acids is 1. The Balaban J connectivity index is 0.00000529. The first-order chi connectivity index (χ1) is 10.8. The van der Waals surface area contributed by atoms with Gasteiger partial charge in [-0.2, -0.15) is 0 Å². The van der Waals surface area contributed by atoms with Gasteiger partial charge in [0, 0.05) is 25.4 Å². The minimum atomic E-state index is -3.41. The predicted octanol–water partition coefficient (Wildman–Crippen LogP) is 1.18. The summed E-state index contributed by atoms with van der Waals surface area (Å²) in [6.07, 6.45) is -0.230. The number of rotatable bonds is 9. The summed E-state index contributed by atoms with van der Waals surface area (Å²) in [7, 11) is -0.506. The normalized spacial score (nSPS) is 12.0. The second-order valence-electron chi connectivity index (χ2n) is 4.77. The van der Waals surface area contributed by atoms with Crippen molar-refractivity contribution in [1.29, 1.82) is 0 Å². The molecule has 1 atom stereocenters. The first-order valence-electron chi connectivity index (χ1n) is 7.06. The standard InChI is InChI=1S/C14H23N3O5S.ClH/c1-4-23(19,20)17-12-6-5-10(7-13(12)22-3)16-14(18)8-11(9-15)21-2;/h5-7,11,17H,4,8-9,15H2,1-3H3,(H,16,18);1H. The Morgan fingerprint density at radius 2 is 2.00 bits per heavy atom. The van der Waals surface area contributed by atoms with Crippen molar-refractivity contribution in [2.24, 2.45) is 5.73 Å². The number of nitrogens with one attached hydrogen (secondary N) is 2. The molecule has 0 aliphatic carbocycles. The van der Waals surface area contributed by atoms with Crippen LogP contribution >= 0.6 is 12.4 Å². The highest BCUT2D eigenvalue weighted by Gasteiger charge is 2.14. The van der Waals surface area contributed by atoms with Crippen LogP contribution in [0, 0.1) is 0 Å². The molecule has 0 radical (unpaired) electrons. The molecule has 0 heterocycles. The van der Waals surface area contributed by atoms with Gasteiger partial charge in [-0.25, -0.2) is 8.42 Å². The van der Waals surface area contributed by atoms with Gasteiger partial charge in [0.2, 0.25) is 15.9 Å². The molecule has 0 bridgehead atoms. The number of nitrogens with two attached hydrogens (primary N) is 1. The number of hydrogen-bond donors (Lipinski definition) is 3. The van der Waals surface area contributed by atoms with E-state index in [0.29, 0.717) is 17.1 Å². The molecule has 24 heavy (non-hydrogen) atoms. The Morgan fingerprint density at radius 3 is 2.50 bits per heavy atom. The minimum absolute atomic E-state index is 0. The van der Waals surface area contributed by atoms with Crippen LogP contribution in [0.15, 0.2) is 18.2 Å². The molecule has 0 saturated carbocycles. The number of ether oxygens (including phenoxy) is 2. The van der Waals surface area contributed by atoms with Gasteiger partial charge in [0.1, 0.15) is 5.75 Å². The summed E-state index contributed by atoms with van der Waals surface area (Å²) in [4.78, 5) is 11.9. The molecular weight excluding hydrogens is 358 g/mol. The van der Waals surface area contributed by atoms with Gasteiger partial charge in [-0.05, 0) is 19.1 Å². The van der Waals surface area contributed by atoms with Crippen molar-refractivity contribution >= 4 is 39.7 Å². The fraction of sp³-hybridized carbons (Fsp3) is 0.500. The van der Waals surface area contributed by atoms with E-state index in [2.05, 4.69) is 10.0 Å². The fourth-order valence-corrected chi connectivity index (χ4v) is 2.42. The number of sulfonamides is 1. The molecule has 4 N–H and O–H groups in total. The van der Waals surface area contributed by atoms with E-state index in [1.807, 2.05) is 0 Å². The molecule has 1 amide bonds. The summed E-state index contributed by atoms with van der Waals surface area (Å²) >= 11 is 0. The molecule has 10 heteroatoms. The molecular formula is C14H24ClN3O5S. The van der Waals surface area contributed by atoms with Crippen LogP contribution in [-0.4, -0.2) is 46.9 Å². The first-order valence-corrected chi connectivity index (χ1v) is 8.71. The average Bonchev–Trinajstić information content (AvgIpc) is 2.53. The molecule has 0 aliphatic rings. The maximum atomic E-state index is 11.9. The highest BCUT2D eigenvalue weighted by atomic mass is 35.5. The van der Waals surface area contributed by atoms with Crippen LogP contribution in [0.25, 0.3) is 0 Å². The molecule has 1 unspecified atom stereocenters. The fourth-order valence-electron chi connectivity index (χ4n) is 1.77. The Kier molecular flexibility index (Phi) is 9.67. The lowest BCUT2D eigenvalue weighted by Gasteiger charge is -2.15. The third-order valence-corrected chi connectivity index (χ3v) is 4.43. The smallest absolute Gasteiger partial charge is 0.232 e. The van der Waals surface area contributed by atoms with Crippen LogP contribution in [0.3, 0.4) is 0 Å². The Bertz CT molecular complexity index is 635. The number of methoxy groups -OCH3 is 2. The Labute approximate surface area is 148 Å². The summed E-state index contributed by atoms with van der Waals surface area (Å²) in [5.41, 5.74) is 6.27. The largest absolute Gasteiger partial charge is 0.494 e. The molecule has 0 saturated heterocycles. The SMILES string of the molecule is CCS(=O)(=O)Nc1ccc(NC(=O)CC(CN)OC)cc1OC.Cl. The van der Waals surface area contributed by atoms with Gasteiger partial charge >= 0.3 is 0 Å². The minimum Gasteiger partial charge on any atom is -0.494 e. The van der Waals surface area contributed by atoms with Gasteiger partial charge in [0.15, 0.2) is 0 Å². The molecule has 1 aromatic carbocycles. The molecule has 0 fully saturated rings. The number of carbonyl (C=O) groups is 1. The summed E-state index contributed by atoms with van der Waals surface area (Å²) in [6.45, 7) is 1.78. The molecule has 1 rings (SSSR count). The zero-order valence-corrected chi connectivity index (χ0v) is 15.5. The summed E-state index contributed by atoms with van der Waals surface area (Å²) in [5.74, 6) is -0.000224. The number of halogens is 1. The second kappa shape index (κ2) is 10.3. The summed E-state index contributed by atoms with van der Waals surface area (Å²) in [5, 5.41) is 2.69. The van der Waals surface area contributed by atoms with E-state index < -0.39 is 10.0 Å². The van der Waals surface area contributed by atoms with E-state index in [4.69, 9.17) is 15.2 Å². The quantitative estimate of drug-likeness (QED) is 0.590. The molecule has 0 aliphatic heterocycles. The van der Waals surface area contributed by atoms with E-state index in [1.165, 1.54) is 33.3 Å². The third kappa shape index (κ3) is 6.91. The van der Waals surface area contributed by atoms with Crippen LogP contribution in [0.2, 0.25) is 0 Å². The maximum Gasteiger partial charge on any atom is 0.232 e. The average molecular weight is 382 g/mol. The summed E-state index contributed by atoms with van der Waals surface area (Å²) < 4.78 is 35.9. The zero-order chi connectivity index (χ0) is 17.5. The lowest BCUT2D eigenvalue weighted by molar-refractivity contribution is -0.118. The maximum absolute atomic E-state index is 11.9. The molecule has 8 nitrogen and oxygen atoms in total. The van der Waals surface area contributed by atoms with Gasteiger partial charge in [0.25, 0.3) is 0 Å². The summed E-state index contributed by atoms with van der Waals surface area (Å²) in [6, 6.07) is 4.65. The van der Waals surface area contributed by atoms with Crippen LogP contribution in [0.5, 0.6) is 5.75 Å². The van der Waals surface area contributed by atoms with Crippen molar-refractivity contribution in [2.45, 2.75) is 19.4 Å². The molecule has 0 aromatic heterocycles. The van der Waals surface area contributed by atoms with Gasteiger partial charge in [-0.3, -0.25) is 9.52 Å². The number of anilines is 2. The van der Waals surface area contributed by atoms with Gasteiger partial charge in [-0.1, -0.05) is 0 Å². The molecule has 138 valence electrons. The van der Waals surface area contributed by atoms with E-state index >= 15 is 0 Å². The van der Waals surface area contributed by atoms with Crippen molar-refractivity contribution in [3.63, 3.8) is 0 Å². The monoisotopic (exact) mass is 381 g/mol. The van der Waals surface area contributed by atoms with E-state index in [0.717, 1.165) is 0 Å².